The van der Waals surface area contributed by atoms with Crippen LogP contribution in [0.1, 0.15) is 13.8 Å². The summed E-state index contributed by atoms with van der Waals surface area (Å²) in [6.45, 7) is 4.50. The second-order valence-corrected chi connectivity index (χ2v) is 4.53. The summed E-state index contributed by atoms with van der Waals surface area (Å²) >= 11 is 0. The highest BCUT2D eigenvalue weighted by Crippen LogP contribution is 2.25. The van der Waals surface area contributed by atoms with Gasteiger partial charge in [0.25, 0.3) is 0 Å². The number of hydrogen-bond acceptors (Lipinski definition) is 5. The van der Waals surface area contributed by atoms with Crippen LogP contribution < -0.4 is 0 Å². The third kappa shape index (κ3) is 3.83. The van der Waals surface area contributed by atoms with Crippen LogP contribution in [0.5, 0.6) is 0 Å². The van der Waals surface area contributed by atoms with Gasteiger partial charge in [0, 0.05) is 0 Å². The zero-order chi connectivity index (χ0) is 13.8. The van der Waals surface area contributed by atoms with Crippen LogP contribution >= 0.6 is 0 Å². The van der Waals surface area contributed by atoms with Crippen molar-refractivity contribution in [2.24, 2.45) is 0 Å². The van der Waals surface area contributed by atoms with E-state index in [0.29, 0.717) is 13.2 Å². The number of hydrogen-bond donors (Lipinski definition) is 0. The SMILES string of the molecule is C/C=C/C(=O)C(OC(C(=O)/C=C/C)C1CO1)C1CO1. The lowest BCUT2D eigenvalue weighted by Crippen LogP contribution is -2.39. The number of carbonyl (C=O) groups is 2. The average molecular weight is 266 g/mol. The summed E-state index contributed by atoms with van der Waals surface area (Å²) in [5.41, 5.74) is 0. The number of epoxide rings is 2. The lowest BCUT2D eigenvalue weighted by atomic mass is 10.1. The van der Waals surface area contributed by atoms with Gasteiger partial charge in [0.1, 0.15) is 24.4 Å². The molecule has 2 aliphatic rings. The highest BCUT2D eigenvalue weighted by molar-refractivity contribution is 5.96. The van der Waals surface area contributed by atoms with Crippen molar-refractivity contribution < 1.29 is 23.8 Å². The van der Waals surface area contributed by atoms with Gasteiger partial charge in [-0.3, -0.25) is 9.59 Å². The quantitative estimate of drug-likeness (QED) is 0.481. The smallest absolute Gasteiger partial charge is 0.186 e. The van der Waals surface area contributed by atoms with Crippen molar-refractivity contribution >= 4 is 11.6 Å². The van der Waals surface area contributed by atoms with Crippen LogP contribution in [0.4, 0.5) is 0 Å². The molecule has 0 spiro atoms. The van der Waals surface area contributed by atoms with Crippen LogP contribution in [-0.2, 0) is 23.8 Å². The van der Waals surface area contributed by atoms with Gasteiger partial charge in [0.05, 0.1) is 13.2 Å². The van der Waals surface area contributed by atoms with Crippen molar-refractivity contribution in [2.75, 3.05) is 13.2 Å². The molecular weight excluding hydrogens is 248 g/mol. The van der Waals surface area contributed by atoms with Crippen molar-refractivity contribution in [1.82, 2.24) is 0 Å². The summed E-state index contributed by atoms with van der Waals surface area (Å²) in [6, 6.07) is 0. The second-order valence-electron chi connectivity index (χ2n) is 4.53. The van der Waals surface area contributed by atoms with E-state index in [1.54, 1.807) is 26.0 Å². The predicted molar refractivity (Wildman–Crippen MR) is 67.8 cm³/mol. The van der Waals surface area contributed by atoms with E-state index in [9.17, 15) is 9.59 Å². The maximum Gasteiger partial charge on any atom is 0.186 e. The van der Waals surface area contributed by atoms with E-state index < -0.39 is 12.2 Å². The molecule has 0 radical (unpaired) electrons. The van der Waals surface area contributed by atoms with E-state index in [1.165, 1.54) is 12.2 Å². The van der Waals surface area contributed by atoms with Crippen LogP contribution in [0.25, 0.3) is 0 Å². The molecule has 0 bridgehead atoms. The highest BCUT2D eigenvalue weighted by Gasteiger charge is 2.45. The standard InChI is InChI=1S/C14H18O5/c1-3-5-9(15)13(11-7-17-11)19-14(12-8-18-12)10(16)6-4-2/h3-6,11-14H,7-8H2,1-2H3/b5-3+,6-4+. The molecule has 104 valence electrons. The Labute approximate surface area is 112 Å². The molecular formula is C14H18O5. The molecule has 4 unspecified atom stereocenters. The minimum Gasteiger partial charge on any atom is -0.370 e. The fourth-order valence-electron chi connectivity index (χ4n) is 1.81. The van der Waals surface area contributed by atoms with Gasteiger partial charge in [0.15, 0.2) is 11.6 Å². The van der Waals surface area contributed by atoms with Crippen molar-refractivity contribution in [3.63, 3.8) is 0 Å². The van der Waals surface area contributed by atoms with Gasteiger partial charge < -0.3 is 14.2 Å². The zero-order valence-electron chi connectivity index (χ0n) is 11.1. The second kappa shape index (κ2) is 6.23. The first-order valence-corrected chi connectivity index (χ1v) is 6.39. The van der Waals surface area contributed by atoms with Crippen LogP contribution in [0, 0.1) is 0 Å². The number of ether oxygens (including phenoxy) is 3. The molecule has 2 saturated heterocycles. The Morgan fingerprint density at radius 3 is 1.63 bits per heavy atom. The minimum absolute atomic E-state index is 0.177. The topological polar surface area (TPSA) is 68.4 Å². The van der Waals surface area contributed by atoms with E-state index in [-0.39, 0.29) is 23.8 Å². The van der Waals surface area contributed by atoms with Crippen LogP contribution in [0.3, 0.4) is 0 Å². The third-order valence-electron chi connectivity index (χ3n) is 2.91. The molecule has 0 aromatic rings. The number of allylic oxidation sites excluding steroid dienone is 2. The Kier molecular flexibility index (Phi) is 4.63. The Morgan fingerprint density at radius 2 is 1.37 bits per heavy atom. The lowest BCUT2D eigenvalue weighted by molar-refractivity contribution is -0.141. The summed E-state index contributed by atoms with van der Waals surface area (Å²) in [5, 5.41) is 0. The Balaban J connectivity index is 2.04. The lowest BCUT2D eigenvalue weighted by Gasteiger charge is -2.19. The summed E-state index contributed by atoms with van der Waals surface area (Å²) < 4.78 is 15.9. The minimum atomic E-state index is -0.723. The zero-order valence-corrected chi connectivity index (χ0v) is 11.1. The Hall–Kier alpha value is -1.30. The van der Waals surface area contributed by atoms with Gasteiger partial charge in [-0.25, -0.2) is 0 Å². The van der Waals surface area contributed by atoms with E-state index in [1.807, 2.05) is 0 Å². The van der Waals surface area contributed by atoms with Gasteiger partial charge in [-0.2, -0.15) is 0 Å². The monoisotopic (exact) mass is 266 g/mol. The number of rotatable bonds is 8. The largest absolute Gasteiger partial charge is 0.370 e. The Bertz CT molecular complexity index is 366. The van der Waals surface area contributed by atoms with Crippen molar-refractivity contribution in [3.05, 3.63) is 24.3 Å². The first-order chi connectivity index (χ1) is 9.17. The molecule has 0 aliphatic carbocycles. The Morgan fingerprint density at radius 1 is 1.00 bits per heavy atom. The van der Waals surface area contributed by atoms with E-state index in [0.717, 1.165) is 0 Å². The van der Waals surface area contributed by atoms with Crippen molar-refractivity contribution in [1.29, 1.82) is 0 Å². The summed E-state index contributed by atoms with van der Waals surface area (Å²) in [7, 11) is 0. The summed E-state index contributed by atoms with van der Waals surface area (Å²) in [4.78, 5) is 23.8. The molecule has 2 aliphatic heterocycles. The molecule has 2 heterocycles. The molecule has 19 heavy (non-hydrogen) atoms. The first kappa shape index (κ1) is 14.1. The predicted octanol–water partition coefficient (Wildman–Crippen LogP) is 0.828. The molecule has 0 amide bonds. The molecule has 2 fully saturated rings. The molecule has 5 heteroatoms. The summed E-state index contributed by atoms with van der Waals surface area (Å²) in [6.07, 6.45) is 4.25. The van der Waals surface area contributed by atoms with Gasteiger partial charge in [-0.1, -0.05) is 12.2 Å². The highest BCUT2D eigenvalue weighted by atomic mass is 16.6. The fraction of sp³-hybridized carbons (Fsp3) is 0.571. The fourth-order valence-corrected chi connectivity index (χ4v) is 1.81. The maximum absolute atomic E-state index is 11.9. The van der Waals surface area contributed by atoms with Gasteiger partial charge in [0.2, 0.25) is 0 Å². The van der Waals surface area contributed by atoms with Crippen LogP contribution in [0.15, 0.2) is 24.3 Å². The number of carbonyl (C=O) groups excluding carboxylic acids is 2. The van der Waals surface area contributed by atoms with Gasteiger partial charge in [-0.05, 0) is 26.0 Å². The molecule has 4 atom stereocenters. The molecule has 0 aromatic heterocycles. The van der Waals surface area contributed by atoms with Crippen LogP contribution in [-0.4, -0.2) is 49.2 Å². The normalized spacial score (nSPS) is 28.5. The molecule has 0 aromatic carbocycles. The maximum atomic E-state index is 11.9. The third-order valence-corrected chi connectivity index (χ3v) is 2.91. The first-order valence-electron chi connectivity index (χ1n) is 6.39. The van der Waals surface area contributed by atoms with Gasteiger partial charge >= 0.3 is 0 Å². The number of ketones is 2. The van der Waals surface area contributed by atoms with Gasteiger partial charge in [-0.15, -0.1) is 0 Å². The molecule has 0 saturated carbocycles. The van der Waals surface area contributed by atoms with Crippen molar-refractivity contribution in [2.45, 2.75) is 38.3 Å². The van der Waals surface area contributed by atoms with E-state index in [4.69, 9.17) is 14.2 Å². The molecule has 0 N–H and O–H groups in total. The summed E-state index contributed by atoms with van der Waals surface area (Å²) in [5.74, 6) is -0.354. The molecule has 2 rings (SSSR count). The molecule has 5 nitrogen and oxygen atoms in total. The average Bonchev–Trinajstić information content (AvgIpc) is 3.24. The van der Waals surface area contributed by atoms with E-state index >= 15 is 0 Å². The van der Waals surface area contributed by atoms with Crippen LogP contribution in [0.2, 0.25) is 0 Å². The van der Waals surface area contributed by atoms with E-state index in [2.05, 4.69) is 0 Å². The van der Waals surface area contributed by atoms with Crippen molar-refractivity contribution in [3.8, 4) is 0 Å².